The van der Waals surface area contributed by atoms with Gasteiger partial charge in [-0.15, -0.1) is 0 Å². The number of hydrogen-bond acceptors (Lipinski definition) is 4. The molecule has 0 radical (unpaired) electrons. The molecule has 3 rings (SSSR count). The molecule has 0 saturated carbocycles. The fraction of sp³-hybridized carbons (Fsp3) is 0.500. The predicted molar refractivity (Wildman–Crippen MR) is 74.7 cm³/mol. The Morgan fingerprint density at radius 2 is 2.11 bits per heavy atom. The lowest BCUT2D eigenvalue weighted by Crippen LogP contribution is -2.44. The summed E-state index contributed by atoms with van der Waals surface area (Å²) < 4.78 is 5.47. The molecule has 1 atom stereocenters. The molecule has 5 nitrogen and oxygen atoms in total. The molecule has 2 N–H and O–H groups in total. The zero-order chi connectivity index (χ0) is 13.2. The maximum Gasteiger partial charge on any atom is 0.254 e. The standard InChI is InChI=1S/C14H19N3O2/c1-10-9-17(6-7-19-10)14(18)11-2-3-12-13(8-11)16-5-4-15-12/h2-3,8,10,15-16H,4-7,9H2,1H3. The maximum absolute atomic E-state index is 12.5. The van der Waals surface area contributed by atoms with E-state index >= 15 is 0 Å². The van der Waals surface area contributed by atoms with E-state index in [2.05, 4.69) is 10.6 Å². The molecule has 0 aliphatic carbocycles. The first-order chi connectivity index (χ1) is 9.24. The second-order valence-corrected chi connectivity index (χ2v) is 5.05. The Balaban J connectivity index is 1.79. The largest absolute Gasteiger partial charge is 0.382 e. The molecular weight excluding hydrogens is 242 g/mol. The molecular formula is C14H19N3O2. The molecule has 2 aliphatic heterocycles. The number of ether oxygens (including phenoxy) is 1. The van der Waals surface area contributed by atoms with Crippen LogP contribution in [0.4, 0.5) is 11.4 Å². The Hall–Kier alpha value is -1.75. The van der Waals surface area contributed by atoms with Gasteiger partial charge in [0, 0.05) is 31.7 Å². The molecule has 1 fully saturated rings. The van der Waals surface area contributed by atoms with Crippen LogP contribution in [0.5, 0.6) is 0 Å². The van der Waals surface area contributed by atoms with Crippen molar-refractivity contribution in [2.24, 2.45) is 0 Å². The smallest absolute Gasteiger partial charge is 0.254 e. The lowest BCUT2D eigenvalue weighted by Gasteiger charge is -2.31. The Morgan fingerprint density at radius 1 is 1.32 bits per heavy atom. The van der Waals surface area contributed by atoms with Gasteiger partial charge in [-0.1, -0.05) is 0 Å². The normalized spacial score (nSPS) is 22.2. The average Bonchev–Trinajstić information content (AvgIpc) is 2.46. The monoisotopic (exact) mass is 261 g/mol. The minimum absolute atomic E-state index is 0.0883. The van der Waals surface area contributed by atoms with Gasteiger partial charge in [0.15, 0.2) is 0 Å². The highest BCUT2D eigenvalue weighted by atomic mass is 16.5. The van der Waals surface area contributed by atoms with Crippen LogP contribution in [0.25, 0.3) is 0 Å². The number of nitrogens with one attached hydrogen (secondary N) is 2. The fourth-order valence-electron chi connectivity index (χ4n) is 2.56. The molecule has 0 aromatic heterocycles. The molecule has 5 heteroatoms. The molecule has 19 heavy (non-hydrogen) atoms. The first kappa shape index (κ1) is 12.3. The van der Waals surface area contributed by atoms with Crippen molar-refractivity contribution in [1.82, 2.24) is 4.90 Å². The van der Waals surface area contributed by atoms with E-state index < -0.39 is 0 Å². The van der Waals surface area contributed by atoms with Gasteiger partial charge in [0.05, 0.1) is 24.1 Å². The first-order valence-electron chi connectivity index (χ1n) is 6.77. The number of amides is 1. The van der Waals surface area contributed by atoms with Gasteiger partial charge in [-0.3, -0.25) is 4.79 Å². The van der Waals surface area contributed by atoms with E-state index in [0.717, 1.165) is 30.0 Å². The van der Waals surface area contributed by atoms with Gasteiger partial charge < -0.3 is 20.3 Å². The lowest BCUT2D eigenvalue weighted by molar-refractivity contribution is -0.0124. The fourth-order valence-corrected chi connectivity index (χ4v) is 2.56. The summed E-state index contributed by atoms with van der Waals surface area (Å²) in [5.74, 6) is 0.0883. The van der Waals surface area contributed by atoms with Crippen molar-refractivity contribution in [2.45, 2.75) is 13.0 Å². The molecule has 0 bridgehead atoms. The number of hydrogen-bond donors (Lipinski definition) is 2. The molecule has 0 spiro atoms. The highest BCUT2D eigenvalue weighted by Gasteiger charge is 2.23. The summed E-state index contributed by atoms with van der Waals surface area (Å²) in [6.45, 7) is 5.77. The molecule has 102 valence electrons. The summed E-state index contributed by atoms with van der Waals surface area (Å²) in [6.07, 6.45) is 0.120. The van der Waals surface area contributed by atoms with Crippen LogP contribution in [0.2, 0.25) is 0 Å². The summed E-state index contributed by atoms with van der Waals surface area (Å²) >= 11 is 0. The number of rotatable bonds is 1. The summed E-state index contributed by atoms with van der Waals surface area (Å²) in [5, 5.41) is 6.62. The number of anilines is 2. The van der Waals surface area contributed by atoms with E-state index in [1.165, 1.54) is 0 Å². The minimum Gasteiger partial charge on any atom is -0.382 e. The maximum atomic E-state index is 12.5. The first-order valence-corrected chi connectivity index (χ1v) is 6.77. The van der Waals surface area contributed by atoms with Crippen LogP contribution in [0, 0.1) is 0 Å². The Bertz CT molecular complexity index is 490. The second-order valence-electron chi connectivity index (χ2n) is 5.05. The molecule has 2 aliphatic rings. The summed E-state index contributed by atoms with van der Waals surface area (Å²) in [7, 11) is 0. The van der Waals surface area contributed by atoms with E-state index in [-0.39, 0.29) is 12.0 Å². The summed E-state index contributed by atoms with van der Waals surface area (Å²) in [5.41, 5.74) is 2.82. The van der Waals surface area contributed by atoms with Crippen molar-refractivity contribution >= 4 is 17.3 Å². The van der Waals surface area contributed by atoms with Crippen molar-refractivity contribution in [1.29, 1.82) is 0 Å². The van der Waals surface area contributed by atoms with Gasteiger partial charge in [0.25, 0.3) is 5.91 Å². The third kappa shape index (κ3) is 2.51. The van der Waals surface area contributed by atoms with Crippen molar-refractivity contribution in [3.63, 3.8) is 0 Å². The zero-order valence-corrected chi connectivity index (χ0v) is 11.1. The van der Waals surface area contributed by atoms with Gasteiger partial charge in [-0.05, 0) is 25.1 Å². The third-order valence-corrected chi connectivity index (χ3v) is 3.55. The zero-order valence-electron chi connectivity index (χ0n) is 11.1. The van der Waals surface area contributed by atoms with Gasteiger partial charge >= 0.3 is 0 Å². The minimum atomic E-state index is 0.0883. The van der Waals surface area contributed by atoms with Crippen LogP contribution in [0.1, 0.15) is 17.3 Å². The highest BCUT2D eigenvalue weighted by molar-refractivity contribution is 5.96. The lowest BCUT2D eigenvalue weighted by atomic mass is 10.1. The molecule has 1 aromatic rings. The van der Waals surface area contributed by atoms with Crippen LogP contribution in [-0.2, 0) is 4.74 Å². The number of carbonyl (C=O) groups is 1. The number of morpholine rings is 1. The average molecular weight is 261 g/mol. The van der Waals surface area contributed by atoms with Crippen LogP contribution in [-0.4, -0.2) is 49.7 Å². The highest BCUT2D eigenvalue weighted by Crippen LogP contribution is 2.26. The summed E-state index contributed by atoms with van der Waals surface area (Å²) in [4.78, 5) is 14.3. The third-order valence-electron chi connectivity index (χ3n) is 3.55. The van der Waals surface area contributed by atoms with Gasteiger partial charge in [-0.2, -0.15) is 0 Å². The van der Waals surface area contributed by atoms with Crippen LogP contribution >= 0.6 is 0 Å². The number of nitrogens with zero attached hydrogens (tertiary/aromatic N) is 1. The second kappa shape index (κ2) is 5.09. The molecule has 1 unspecified atom stereocenters. The van der Waals surface area contributed by atoms with E-state index in [4.69, 9.17) is 4.74 Å². The number of fused-ring (bicyclic) bond motifs is 1. The molecule has 1 amide bonds. The van der Waals surface area contributed by atoms with Crippen LogP contribution in [0.3, 0.4) is 0 Å². The van der Waals surface area contributed by atoms with Crippen LogP contribution < -0.4 is 10.6 Å². The van der Waals surface area contributed by atoms with E-state index in [1.807, 2.05) is 30.0 Å². The van der Waals surface area contributed by atoms with E-state index in [1.54, 1.807) is 0 Å². The molecule has 2 heterocycles. The number of carbonyl (C=O) groups excluding carboxylic acids is 1. The number of benzene rings is 1. The molecule has 1 saturated heterocycles. The van der Waals surface area contributed by atoms with Gasteiger partial charge in [-0.25, -0.2) is 0 Å². The Labute approximate surface area is 112 Å². The van der Waals surface area contributed by atoms with Crippen molar-refractivity contribution < 1.29 is 9.53 Å². The summed E-state index contributed by atoms with van der Waals surface area (Å²) in [6, 6.07) is 5.80. The van der Waals surface area contributed by atoms with Gasteiger partial charge in [0.2, 0.25) is 0 Å². The van der Waals surface area contributed by atoms with Crippen molar-refractivity contribution in [3.05, 3.63) is 23.8 Å². The van der Waals surface area contributed by atoms with Gasteiger partial charge in [0.1, 0.15) is 0 Å². The quantitative estimate of drug-likeness (QED) is 0.802. The predicted octanol–water partition coefficient (Wildman–Crippen LogP) is 1.38. The Morgan fingerprint density at radius 3 is 2.89 bits per heavy atom. The molecule has 1 aromatic carbocycles. The van der Waals surface area contributed by atoms with E-state index in [9.17, 15) is 4.79 Å². The van der Waals surface area contributed by atoms with E-state index in [0.29, 0.717) is 19.7 Å². The Kier molecular flexibility index (Phi) is 3.29. The van der Waals surface area contributed by atoms with Crippen LogP contribution in [0.15, 0.2) is 18.2 Å². The van der Waals surface area contributed by atoms with Crippen molar-refractivity contribution in [2.75, 3.05) is 43.4 Å². The van der Waals surface area contributed by atoms with Crippen molar-refractivity contribution in [3.8, 4) is 0 Å². The topological polar surface area (TPSA) is 53.6 Å². The SMILES string of the molecule is CC1CN(C(=O)c2ccc3c(c2)NCCN3)CCO1.